The van der Waals surface area contributed by atoms with E-state index in [0.717, 1.165) is 5.69 Å². The van der Waals surface area contributed by atoms with E-state index in [2.05, 4.69) is 10.3 Å². The summed E-state index contributed by atoms with van der Waals surface area (Å²) >= 11 is 7.48. The number of aromatic nitrogens is 1. The molecular formula is C13H14ClN3O3S. The van der Waals surface area contributed by atoms with Gasteiger partial charge in [-0.05, 0) is 13.0 Å². The van der Waals surface area contributed by atoms with E-state index in [1.807, 2.05) is 12.3 Å². The first-order valence-electron chi connectivity index (χ1n) is 6.01. The largest absolute Gasteiger partial charge is 0.496 e. The highest BCUT2D eigenvalue weighted by Gasteiger charge is 2.16. The Kier molecular flexibility index (Phi) is 4.66. The summed E-state index contributed by atoms with van der Waals surface area (Å²) in [6.07, 6.45) is 0. The van der Waals surface area contributed by atoms with Gasteiger partial charge >= 0.3 is 5.97 Å². The molecule has 1 atom stereocenters. The third-order valence-electron chi connectivity index (χ3n) is 2.75. The Balaban J connectivity index is 2.33. The van der Waals surface area contributed by atoms with Crippen LogP contribution in [-0.4, -0.2) is 23.2 Å². The zero-order valence-electron chi connectivity index (χ0n) is 11.4. The maximum Gasteiger partial charge on any atom is 0.339 e. The zero-order valence-corrected chi connectivity index (χ0v) is 13.0. The molecule has 1 heterocycles. The fourth-order valence-corrected chi connectivity index (χ4v) is 2.69. The molecule has 1 aromatic heterocycles. The molecule has 0 fully saturated rings. The number of methoxy groups -OCH3 is 1. The second-order valence-electron chi connectivity index (χ2n) is 4.33. The first-order valence-corrected chi connectivity index (χ1v) is 7.27. The van der Waals surface area contributed by atoms with Crippen molar-refractivity contribution in [2.45, 2.75) is 13.0 Å². The Morgan fingerprint density at radius 3 is 2.81 bits per heavy atom. The number of nitrogens with zero attached hydrogens (tertiary/aromatic N) is 1. The van der Waals surface area contributed by atoms with E-state index < -0.39 is 5.97 Å². The summed E-state index contributed by atoms with van der Waals surface area (Å²) in [4.78, 5) is 15.4. The van der Waals surface area contributed by atoms with Crippen molar-refractivity contribution in [1.82, 2.24) is 4.98 Å². The molecule has 2 rings (SSSR count). The molecule has 112 valence electrons. The van der Waals surface area contributed by atoms with Crippen LogP contribution in [0.2, 0.25) is 5.02 Å². The van der Waals surface area contributed by atoms with E-state index in [4.69, 9.17) is 27.2 Å². The van der Waals surface area contributed by atoms with Crippen LogP contribution >= 0.6 is 22.9 Å². The van der Waals surface area contributed by atoms with Crippen molar-refractivity contribution >= 4 is 39.7 Å². The highest BCUT2D eigenvalue weighted by atomic mass is 35.5. The summed E-state index contributed by atoms with van der Waals surface area (Å²) in [6, 6.07) is 2.71. The van der Waals surface area contributed by atoms with Crippen LogP contribution in [-0.2, 0) is 0 Å². The Labute approximate surface area is 130 Å². The van der Waals surface area contributed by atoms with Crippen molar-refractivity contribution in [3.8, 4) is 5.75 Å². The number of benzene rings is 1. The molecular weight excluding hydrogens is 314 g/mol. The number of nitrogens with one attached hydrogen (secondary N) is 1. The normalized spacial score (nSPS) is 12.0. The summed E-state index contributed by atoms with van der Waals surface area (Å²) < 4.78 is 5.07. The maximum absolute atomic E-state index is 11.1. The predicted octanol–water partition coefficient (Wildman–Crippen LogP) is 3.27. The smallest absolute Gasteiger partial charge is 0.339 e. The van der Waals surface area contributed by atoms with Crippen LogP contribution in [0.1, 0.15) is 29.0 Å². The average molecular weight is 328 g/mol. The Hall–Kier alpha value is -1.83. The Morgan fingerprint density at radius 2 is 2.29 bits per heavy atom. The molecule has 0 saturated heterocycles. The number of ether oxygens (including phenoxy) is 1. The number of carboxylic acids is 1. The van der Waals surface area contributed by atoms with E-state index in [9.17, 15) is 4.79 Å². The molecule has 8 heteroatoms. The molecule has 2 aromatic rings. The van der Waals surface area contributed by atoms with Gasteiger partial charge in [0.05, 0.1) is 23.5 Å². The third kappa shape index (κ3) is 3.44. The van der Waals surface area contributed by atoms with E-state index in [1.54, 1.807) is 0 Å². The first-order chi connectivity index (χ1) is 9.92. The number of nitrogens with two attached hydrogens (primary N) is 1. The molecule has 6 nitrogen and oxygen atoms in total. The van der Waals surface area contributed by atoms with E-state index >= 15 is 0 Å². The minimum absolute atomic E-state index is 0.00320. The quantitative estimate of drug-likeness (QED) is 0.779. The molecule has 0 bridgehead atoms. The standard InChI is InChI=1S/C13H14ClN3O3S/c1-6(15)10-5-21-13(17-10)16-9-4-11(20-2)7(12(18)19)3-8(9)14/h3-6H,15H2,1-2H3,(H,16,17)(H,18,19). The molecule has 1 unspecified atom stereocenters. The SMILES string of the molecule is COc1cc(Nc2nc(C(C)N)cs2)c(Cl)cc1C(=O)O. The van der Waals surface area contributed by atoms with E-state index in [-0.39, 0.29) is 22.4 Å². The lowest BCUT2D eigenvalue weighted by molar-refractivity contribution is 0.0693. The van der Waals surface area contributed by atoms with Gasteiger partial charge in [-0.1, -0.05) is 11.6 Å². The number of aromatic carboxylic acids is 1. The van der Waals surface area contributed by atoms with Crippen molar-refractivity contribution in [3.63, 3.8) is 0 Å². The monoisotopic (exact) mass is 327 g/mol. The topological polar surface area (TPSA) is 97.5 Å². The van der Waals surface area contributed by atoms with Gasteiger partial charge in [-0.25, -0.2) is 9.78 Å². The molecule has 1 aromatic carbocycles. The van der Waals surface area contributed by atoms with Gasteiger partial charge in [-0.2, -0.15) is 0 Å². The summed E-state index contributed by atoms with van der Waals surface area (Å²) in [6.45, 7) is 1.84. The molecule has 0 amide bonds. The molecule has 0 saturated carbocycles. The van der Waals surface area contributed by atoms with Crippen molar-refractivity contribution in [3.05, 3.63) is 33.8 Å². The molecule has 21 heavy (non-hydrogen) atoms. The fraction of sp³-hybridized carbons (Fsp3) is 0.231. The lowest BCUT2D eigenvalue weighted by Gasteiger charge is -2.10. The maximum atomic E-state index is 11.1. The van der Waals surface area contributed by atoms with Crippen LogP contribution in [0.15, 0.2) is 17.5 Å². The number of carboxylic acid groups (broad SMARTS) is 1. The van der Waals surface area contributed by atoms with Gasteiger partial charge in [0.15, 0.2) is 5.13 Å². The molecule has 4 N–H and O–H groups in total. The van der Waals surface area contributed by atoms with Crippen molar-refractivity contribution in [1.29, 1.82) is 0 Å². The number of anilines is 2. The number of hydrogen-bond acceptors (Lipinski definition) is 6. The van der Waals surface area contributed by atoms with E-state index in [1.165, 1.54) is 30.6 Å². The highest BCUT2D eigenvalue weighted by molar-refractivity contribution is 7.13. The molecule has 0 spiro atoms. The van der Waals surface area contributed by atoms with Crippen molar-refractivity contribution < 1.29 is 14.6 Å². The summed E-state index contributed by atoms with van der Waals surface area (Å²) in [5.41, 5.74) is 7.05. The first kappa shape index (κ1) is 15.6. The van der Waals surface area contributed by atoms with Crippen LogP contribution in [0, 0.1) is 0 Å². The second kappa shape index (κ2) is 6.30. The van der Waals surface area contributed by atoms with Gasteiger partial charge in [-0.15, -0.1) is 11.3 Å². The lowest BCUT2D eigenvalue weighted by Crippen LogP contribution is -2.05. The number of carbonyl (C=O) groups is 1. The van der Waals surface area contributed by atoms with Gasteiger partial charge < -0.3 is 20.9 Å². The van der Waals surface area contributed by atoms with E-state index in [0.29, 0.717) is 10.8 Å². The number of hydrogen-bond donors (Lipinski definition) is 3. The van der Waals surface area contributed by atoms with Gasteiger partial charge in [0, 0.05) is 17.5 Å². The number of thiazole rings is 1. The third-order valence-corrected chi connectivity index (χ3v) is 3.84. The average Bonchev–Trinajstić information content (AvgIpc) is 2.89. The minimum Gasteiger partial charge on any atom is -0.496 e. The number of halogens is 1. The summed E-state index contributed by atoms with van der Waals surface area (Å²) in [7, 11) is 1.40. The summed E-state index contributed by atoms with van der Waals surface area (Å²) in [5, 5.41) is 14.9. The van der Waals surface area contributed by atoms with Gasteiger partial charge in [0.1, 0.15) is 11.3 Å². The zero-order chi connectivity index (χ0) is 15.6. The van der Waals surface area contributed by atoms with Crippen LogP contribution in [0.4, 0.5) is 10.8 Å². The van der Waals surface area contributed by atoms with Crippen LogP contribution < -0.4 is 15.8 Å². The Bertz CT molecular complexity index is 673. The predicted molar refractivity (Wildman–Crippen MR) is 83.0 cm³/mol. The molecule has 0 aliphatic rings. The van der Waals surface area contributed by atoms with Crippen LogP contribution in [0.5, 0.6) is 5.75 Å². The van der Waals surface area contributed by atoms with Crippen molar-refractivity contribution in [2.24, 2.45) is 5.73 Å². The van der Waals surface area contributed by atoms with Crippen LogP contribution in [0.25, 0.3) is 0 Å². The fourth-order valence-electron chi connectivity index (χ4n) is 1.65. The van der Waals surface area contributed by atoms with Crippen LogP contribution in [0.3, 0.4) is 0 Å². The number of rotatable bonds is 5. The lowest BCUT2D eigenvalue weighted by atomic mass is 10.2. The van der Waals surface area contributed by atoms with Crippen molar-refractivity contribution in [2.75, 3.05) is 12.4 Å². The molecule has 0 aliphatic heterocycles. The second-order valence-corrected chi connectivity index (χ2v) is 5.59. The van der Waals surface area contributed by atoms with Gasteiger partial charge in [0.25, 0.3) is 0 Å². The van der Waals surface area contributed by atoms with Gasteiger partial charge in [-0.3, -0.25) is 0 Å². The Morgan fingerprint density at radius 1 is 1.57 bits per heavy atom. The van der Waals surface area contributed by atoms with Gasteiger partial charge in [0.2, 0.25) is 0 Å². The highest BCUT2D eigenvalue weighted by Crippen LogP contribution is 2.34. The molecule has 0 aliphatic carbocycles. The molecule has 0 radical (unpaired) electrons. The summed E-state index contributed by atoms with van der Waals surface area (Å²) in [5.74, 6) is -0.882. The minimum atomic E-state index is -1.10.